The van der Waals surface area contributed by atoms with Gasteiger partial charge in [0.25, 0.3) is 0 Å². The van der Waals surface area contributed by atoms with Crippen molar-refractivity contribution in [3.05, 3.63) is 59.7 Å². The Labute approximate surface area is 125 Å². The minimum absolute atomic E-state index is 0.0407. The summed E-state index contributed by atoms with van der Waals surface area (Å²) in [6.45, 7) is 2.76. The lowest BCUT2D eigenvalue weighted by atomic mass is 10.2. The van der Waals surface area contributed by atoms with E-state index in [0.29, 0.717) is 6.54 Å². The summed E-state index contributed by atoms with van der Waals surface area (Å²) in [6.07, 6.45) is 0. The van der Waals surface area contributed by atoms with Crippen LogP contribution in [0.4, 0.5) is 5.69 Å². The van der Waals surface area contributed by atoms with Crippen molar-refractivity contribution in [2.75, 3.05) is 19.0 Å². The van der Waals surface area contributed by atoms with E-state index in [1.165, 1.54) is 0 Å². The molecule has 0 fully saturated rings. The quantitative estimate of drug-likeness (QED) is 0.857. The largest absolute Gasteiger partial charge is 0.497 e. The molecular weight excluding hydrogens is 264 g/mol. The van der Waals surface area contributed by atoms with Crippen LogP contribution in [0.3, 0.4) is 0 Å². The highest BCUT2D eigenvalue weighted by molar-refractivity contribution is 5.80. The molecule has 2 N–H and O–H groups in total. The molecule has 0 aliphatic rings. The monoisotopic (exact) mass is 284 g/mol. The summed E-state index contributed by atoms with van der Waals surface area (Å²) < 4.78 is 5.16. The van der Waals surface area contributed by atoms with E-state index in [9.17, 15) is 4.79 Å². The molecule has 4 heteroatoms. The number of benzene rings is 2. The molecule has 0 heterocycles. The molecule has 0 aromatic heterocycles. The second-order valence-electron chi connectivity index (χ2n) is 4.80. The number of nitrogens with one attached hydrogen (secondary N) is 2. The predicted molar refractivity (Wildman–Crippen MR) is 84.5 cm³/mol. The van der Waals surface area contributed by atoms with Crippen molar-refractivity contribution in [3.8, 4) is 5.75 Å². The fourth-order valence-corrected chi connectivity index (χ4v) is 1.99. The molecule has 4 nitrogen and oxygen atoms in total. The Morgan fingerprint density at radius 2 is 1.95 bits per heavy atom. The van der Waals surface area contributed by atoms with Gasteiger partial charge in [-0.1, -0.05) is 30.3 Å². The molecule has 0 spiro atoms. The molecule has 110 valence electrons. The molecule has 0 aliphatic heterocycles. The lowest BCUT2D eigenvalue weighted by Crippen LogP contribution is -2.29. The number of anilines is 1. The van der Waals surface area contributed by atoms with Gasteiger partial charge in [0.15, 0.2) is 0 Å². The third-order valence-corrected chi connectivity index (χ3v) is 3.21. The van der Waals surface area contributed by atoms with Crippen molar-refractivity contribution in [1.29, 1.82) is 0 Å². The second-order valence-corrected chi connectivity index (χ2v) is 4.80. The molecule has 0 aliphatic carbocycles. The highest BCUT2D eigenvalue weighted by Gasteiger charge is 2.03. The van der Waals surface area contributed by atoms with E-state index in [1.54, 1.807) is 7.11 Å². The van der Waals surface area contributed by atoms with Gasteiger partial charge >= 0.3 is 0 Å². The number of amides is 1. The standard InChI is InChI=1S/C17H20N2O2/c1-13-6-3-4-9-16(13)18-12-17(20)19-11-14-7-5-8-15(10-14)21-2/h3-10,18H,11-12H2,1-2H3,(H,19,20). The summed E-state index contributed by atoms with van der Waals surface area (Å²) in [4.78, 5) is 11.9. The van der Waals surface area contributed by atoms with Gasteiger partial charge < -0.3 is 15.4 Å². The SMILES string of the molecule is COc1cccc(CNC(=O)CNc2ccccc2C)c1. The third kappa shape index (κ3) is 4.53. The van der Waals surface area contributed by atoms with Crippen LogP contribution in [0.15, 0.2) is 48.5 Å². The Morgan fingerprint density at radius 1 is 1.14 bits per heavy atom. The Kier molecular flexibility index (Phi) is 5.21. The zero-order chi connectivity index (χ0) is 15.1. The summed E-state index contributed by atoms with van der Waals surface area (Å²) in [5.41, 5.74) is 3.12. The van der Waals surface area contributed by atoms with Gasteiger partial charge in [0.1, 0.15) is 5.75 Å². The van der Waals surface area contributed by atoms with E-state index in [4.69, 9.17) is 4.74 Å². The number of rotatable bonds is 6. The van der Waals surface area contributed by atoms with Gasteiger partial charge in [-0.15, -0.1) is 0 Å². The first-order valence-electron chi connectivity index (χ1n) is 6.88. The van der Waals surface area contributed by atoms with E-state index >= 15 is 0 Å². The van der Waals surface area contributed by atoms with Gasteiger partial charge in [0.05, 0.1) is 13.7 Å². The first kappa shape index (κ1) is 14.9. The van der Waals surface area contributed by atoms with Gasteiger partial charge in [0.2, 0.25) is 5.91 Å². The molecule has 21 heavy (non-hydrogen) atoms. The first-order valence-corrected chi connectivity index (χ1v) is 6.88. The minimum Gasteiger partial charge on any atom is -0.497 e. The molecule has 0 atom stereocenters. The van der Waals surface area contributed by atoms with Crippen LogP contribution >= 0.6 is 0 Å². The lowest BCUT2D eigenvalue weighted by molar-refractivity contribution is -0.119. The Hall–Kier alpha value is -2.49. The van der Waals surface area contributed by atoms with E-state index in [-0.39, 0.29) is 12.5 Å². The van der Waals surface area contributed by atoms with E-state index in [0.717, 1.165) is 22.6 Å². The van der Waals surface area contributed by atoms with Crippen LogP contribution in [-0.4, -0.2) is 19.6 Å². The molecule has 2 rings (SSSR count). The van der Waals surface area contributed by atoms with Crippen LogP contribution < -0.4 is 15.4 Å². The van der Waals surface area contributed by atoms with Gasteiger partial charge in [0, 0.05) is 12.2 Å². The van der Waals surface area contributed by atoms with Crippen molar-refractivity contribution < 1.29 is 9.53 Å². The number of carbonyl (C=O) groups excluding carboxylic acids is 1. The van der Waals surface area contributed by atoms with E-state index < -0.39 is 0 Å². The van der Waals surface area contributed by atoms with Crippen LogP contribution in [0.2, 0.25) is 0 Å². The fraction of sp³-hybridized carbons (Fsp3) is 0.235. The van der Waals surface area contributed by atoms with Crippen LogP contribution in [-0.2, 0) is 11.3 Å². The smallest absolute Gasteiger partial charge is 0.239 e. The zero-order valence-electron chi connectivity index (χ0n) is 12.3. The maximum atomic E-state index is 11.9. The highest BCUT2D eigenvalue weighted by atomic mass is 16.5. The topological polar surface area (TPSA) is 50.4 Å². The predicted octanol–water partition coefficient (Wildman–Crippen LogP) is 2.73. The van der Waals surface area contributed by atoms with Crippen LogP contribution in [0.1, 0.15) is 11.1 Å². The number of methoxy groups -OCH3 is 1. The van der Waals surface area contributed by atoms with Gasteiger partial charge in [-0.05, 0) is 36.2 Å². The number of para-hydroxylation sites is 1. The Balaban J connectivity index is 1.81. The second kappa shape index (κ2) is 7.33. The van der Waals surface area contributed by atoms with E-state index in [2.05, 4.69) is 10.6 Å². The number of ether oxygens (including phenoxy) is 1. The number of hydrogen-bond donors (Lipinski definition) is 2. The molecule has 2 aromatic rings. The first-order chi connectivity index (χ1) is 10.2. The number of aryl methyl sites for hydroxylation is 1. The highest BCUT2D eigenvalue weighted by Crippen LogP contribution is 2.13. The van der Waals surface area contributed by atoms with Crippen LogP contribution in [0, 0.1) is 6.92 Å². The van der Waals surface area contributed by atoms with Crippen molar-refractivity contribution in [2.45, 2.75) is 13.5 Å². The minimum atomic E-state index is -0.0407. The van der Waals surface area contributed by atoms with E-state index in [1.807, 2.05) is 55.5 Å². The molecule has 0 unspecified atom stereocenters. The Bertz CT molecular complexity index is 611. The third-order valence-electron chi connectivity index (χ3n) is 3.21. The summed E-state index contributed by atoms with van der Waals surface area (Å²) in [6, 6.07) is 15.6. The number of hydrogen-bond acceptors (Lipinski definition) is 3. The van der Waals surface area contributed by atoms with Gasteiger partial charge in [-0.25, -0.2) is 0 Å². The molecule has 1 amide bonds. The fourth-order valence-electron chi connectivity index (χ4n) is 1.99. The maximum absolute atomic E-state index is 11.9. The molecule has 0 saturated carbocycles. The maximum Gasteiger partial charge on any atom is 0.239 e. The Morgan fingerprint density at radius 3 is 2.71 bits per heavy atom. The van der Waals surface area contributed by atoms with Gasteiger partial charge in [-0.3, -0.25) is 4.79 Å². The normalized spacial score (nSPS) is 10.0. The lowest BCUT2D eigenvalue weighted by Gasteiger charge is -2.10. The van der Waals surface area contributed by atoms with Crippen molar-refractivity contribution in [2.24, 2.45) is 0 Å². The molecule has 0 radical (unpaired) electrons. The summed E-state index contributed by atoms with van der Waals surface area (Å²) >= 11 is 0. The average molecular weight is 284 g/mol. The number of carbonyl (C=O) groups is 1. The van der Waals surface area contributed by atoms with Crippen molar-refractivity contribution in [1.82, 2.24) is 5.32 Å². The molecular formula is C17H20N2O2. The van der Waals surface area contributed by atoms with Gasteiger partial charge in [-0.2, -0.15) is 0 Å². The molecule has 0 saturated heterocycles. The summed E-state index contributed by atoms with van der Waals surface area (Å²) in [5.74, 6) is 0.751. The van der Waals surface area contributed by atoms with Crippen LogP contribution in [0.5, 0.6) is 5.75 Å². The molecule has 0 bridgehead atoms. The molecule has 2 aromatic carbocycles. The van der Waals surface area contributed by atoms with Crippen LogP contribution in [0.25, 0.3) is 0 Å². The van der Waals surface area contributed by atoms with Crippen molar-refractivity contribution >= 4 is 11.6 Å². The summed E-state index contributed by atoms with van der Waals surface area (Å²) in [7, 11) is 1.63. The average Bonchev–Trinajstić information content (AvgIpc) is 2.52. The summed E-state index contributed by atoms with van der Waals surface area (Å²) in [5, 5.41) is 6.02. The zero-order valence-corrected chi connectivity index (χ0v) is 12.3. The van der Waals surface area contributed by atoms with Crippen molar-refractivity contribution in [3.63, 3.8) is 0 Å².